The summed E-state index contributed by atoms with van der Waals surface area (Å²) in [7, 11) is 2.66. The topological polar surface area (TPSA) is 74.3 Å². The Morgan fingerprint density at radius 2 is 2.00 bits per heavy atom. The van der Waals surface area contributed by atoms with E-state index < -0.39 is 10.8 Å². The second-order valence-electron chi connectivity index (χ2n) is 5.17. The summed E-state index contributed by atoms with van der Waals surface area (Å²) in [6.45, 7) is 0.382. The lowest BCUT2D eigenvalue weighted by molar-refractivity contribution is 0.251. The summed E-state index contributed by atoms with van der Waals surface area (Å²) in [6.07, 6.45) is 3.29. The smallest absolute Gasteiger partial charge is 0.319 e. The Balaban J connectivity index is 1.98. The number of hydrogen-bond donors (Lipinski definition) is 2. The van der Waals surface area contributed by atoms with Gasteiger partial charge >= 0.3 is 6.03 Å². The molecule has 122 valence electrons. The molecule has 0 radical (unpaired) electrons. The van der Waals surface area contributed by atoms with Crippen LogP contribution in [0.15, 0.2) is 47.5 Å². The van der Waals surface area contributed by atoms with E-state index in [-0.39, 0.29) is 6.03 Å². The van der Waals surface area contributed by atoms with Crippen LogP contribution in [0.4, 0.5) is 16.3 Å². The Morgan fingerprint density at radius 3 is 2.70 bits per heavy atom. The van der Waals surface area contributed by atoms with Crippen LogP contribution in [-0.2, 0) is 17.3 Å². The molecule has 2 N–H and O–H groups in total. The molecule has 0 unspecified atom stereocenters. The van der Waals surface area contributed by atoms with Crippen molar-refractivity contribution in [3.8, 4) is 0 Å². The molecule has 1 heterocycles. The highest BCUT2D eigenvalue weighted by Crippen LogP contribution is 2.18. The first-order chi connectivity index (χ1) is 11.0. The van der Waals surface area contributed by atoms with Crippen molar-refractivity contribution in [1.29, 1.82) is 0 Å². The Morgan fingerprint density at radius 1 is 1.26 bits per heavy atom. The first-order valence-electron chi connectivity index (χ1n) is 7.07. The molecule has 6 nitrogen and oxygen atoms in total. The van der Waals surface area contributed by atoms with Crippen LogP contribution in [0.25, 0.3) is 0 Å². The molecule has 1 aromatic carbocycles. The largest absolute Gasteiger partial charge is 0.363 e. The van der Waals surface area contributed by atoms with Crippen molar-refractivity contribution in [2.24, 2.45) is 0 Å². The molecule has 0 aliphatic heterocycles. The van der Waals surface area contributed by atoms with E-state index in [9.17, 15) is 9.00 Å². The first-order valence-corrected chi connectivity index (χ1v) is 8.62. The van der Waals surface area contributed by atoms with Gasteiger partial charge in [0.1, 0.15) is 5.82 Å². The lowest BCUT2D eigenvalue weighted by atomic mass is 10.2. The van der Waals surface area contributed by atoms with Gasteiger partial charge in [-0.3, -0.25) is 4.21 Å². The quantitative estimate of drug-likeness (QED) is 0.880. The minimum Gasteiger partial charge on any atom is -0.363 e. The molecule has 0 fully saturated rings. The number of hydrogen-bond acceptors (Lipinski definition) is 4. The van der Waals surface area contributed by atoms with E-state index >= 15 is 0 Å². The zero-order chi connectivity index (χ0) is 16.8. The van der Waals surface area contributed by atoms with Crippen molar-refractivity contribution in [3.05, 3.63) is 48.2 Å². The van der Waals surface area contributed by atoms with E-state index in [1.54, 1.807) is 36.7 Å². The van der Waals surface area contributed by atoms with Crippen molar-refractivity contribution in [3.63, 3.8) is 0 Å². The number of aromatic nitrogens is 1. The molecule has 0 bridgehead atoms. The average molecular weight is 332 g/mol. The minimum atomic E-state index is -1.16. The zero-order valence-corrected chi connectivity index (χ0v) is 14.2. The van der Waals surface area contributed by atoms with Crippen LogP contribution < -0.4 is 15.5 Å². The van der Waals surface area contributed by atoms with E-state index in [0.717, 1.165) is 11.4 Å². The van der Waals surface area contributed by atoms with E-state index in [1.807, 2.05) is 31.1 Å². The molecule has 23 heavy (non-hydrogen) atoms. The van der Waals surface area contributed by atoms with Crippen molar-refractivity contribution < 1.29 is 9.00 Å². The van der Waals surface area contributed by atoms with Crippen LogP contribution in [0.1, 0.15) is 5.56 Å². The number of rotatable bonds is 5. The molecule has 0 spiro atoms. The predicted molar refractivity (Wildman–Crippen MR) is 93.2 cm³/mol. The molecule has 1 aromatic heterocycles. The molecule has 0 saturated carbocycles. The maximum absolute atomic E-state index is 12.0. The number of nitrogens with one attached hydrogen (secondary N) is 2. The fourth-order valence-corrected chi connectivity index (χ4v) is 2.68. The van der Waals surface area contributed by atoms with Gasteiger partial charge in [0.15, 0.2) is 0 Å². The van der Waals surface area contributed by atoms with Crippen LogP contribution >= 0.6 is 0 Å². The maximum atomic E-state index is 12.0. The van der Waals surface area contributed by atoms with Gasteiger partial charge in [0, 0.05) is 33.1 Å². The third-order valence-electron chi connectivity index (χ3n) is 3.17. The van der Waals surface area contributed by atoms with Crippen LogP contribution in [0, 0.1) is 0 Å². The second-order valence-corrected chi connectivity index (χ2v) is 6.52. The monoisotopic (exact) mass is 332 g/mol. The number of amides is 2. The summed E-state index contributed by atoms with van der Waals surface area (Å²) in [5.41, 5.74) is 1.50. The van der Waals surface area contributed by atoms with Crippen molar-refractivity contribution in [1.82, 2.24) is 10.3 Å². The molecule has 1 atom stereocenters. The number of pyridine rings is 1. The maximum Gasteiger partial charge on any atom is 0.319 e. The van der Waals surface area contributed by atoms with Crippen molar-refractivity contribution >= 4 is 28.3 Å². The van der Waals surface area contributed by atoms with Crippen LogP contribution in [0.5, 0.6) is 0 Å². The Bertz CT molecular complexity index is 719. The molecular formula is C16H20N4O2S. The van der Waals surface area contributed by atoms with Crippen molar-refractivity contribution in [2.75, 3.05) is 30.6 Å². The molecular weight excluding hydrogens is 312 g/mol. The highest BCUT2D eigenvalue weighted by molar-refractivity contribution is 7.84. The Hall–Kier alpha value is -2.41. The molecule has 0 aliphatic carbocycles. The van der Waals surface area contributed by atoms with Crippen molar-refractivity contribution in [2.45, 2.75) is 11.4 Å². The van der Waals surface area contributed by atoms with E-state index in [4.69, 9.17) is 0 Å². The van der Waals surface area contributed by atoms with Gasteiger partial charge in [-0.25, -0.2) is 9.78 Å². The molecule has 7 heteroatoms. The van der Waals surface area contributed by atoms with Gasteiger partial charge in [-0.2, -0.15) is 0 Å². The lowest BCUT2D eigenvalue weighted by Crippen LogP contribution is -2.28. The summed E-state index contributed by atoms with van der Waals surface area (Å²) in [4.78, 5) is 18.8. The van der Waals surface area contributed by atoms with Gasteiger partial charge in [0.05, 0.1) is 21.4 Å². The van der Waals surface area contributed by atoms with Gasteiger partial charge in [0.25, 0.3) is 0 Å². The van der Waals surface area contributed by atoms with Gasteiger partial charge in [0.2, 0.25) is 0 Å². The number of para-hydroxylation sites is 1. The standard InChI is InChI=1S/C16H20N4O2S/c1-20(2)15-10-12(8-9-17-15)11-18-16(21)19-13-6-4-5-7-14(13)23(3)22/h4-10H,11H2,1-3H3,(H2,18,19,21)/t23-/m1/s1. The number of anilines is 2. The summed E-state index contributed by atoms with van der Waals surface area (Å²) >= 11 is 0. The summed E-state index contributed by atoms with van der Waals surface area (Å²) in [6, 6.07) is 10.5. The fraction of sp³-hybridized carbons (Fsp3) is 0.250. The van der Waals surface area contributed by atoms with Crippen LogP contribution in [0.3, 0.4) is 0 Å². The van der Waals surface area contributed by atoms with Gasteiger partial charge in [-0.05, 0) is 29.8 Å². The molecule has 0 saturated heterocycles. The second kappa shape index (κ2) is 7.73. The molecule has 2 rings (SSSR count). The highest BCUT2D eigenvalue weighted by Gasteiger charge is 2.09. The fourth-order valence-electron chi connectivity index (χ4n) is 1.98. The van der Waals surface area contributed by atoms with Gasteiger partial charge in [-0.1, -0.05) is 12.1 Å². The number of urea groups is 1. The van der Waals surface area contributed by atoms with Crippen LogP contribution in [-0.4, -0.2) is 35.6 Å². The van der Waals surface area contributed by atoms with E-state index in [2.05, 4.69) is 15.6 Å². The SMILES string of the molecule is CN(C)c1cc(CNC(=O)Nc2ccccc2[S@@](C)=O)ccn1. The normalized spacial score (nSPS) is 11.6. The highest BCUT2D eigenvalue weighted by atomic mass is 32.2. The molecule has 0 aliphatic rings. The predicted octanol–water partition coefficient (Wildman–Crippen LogP) is 2.21. The number of nitrogens with zero attached hydrogens (tertiary/aromatic N) is 2. The average Bonchev–Trinajstić information content (AvgIpc) is 2.53. The number of benzene rings is 1. The Kier molecular flexibility index (Phi) is 5.70. The first kappa shape index (κ1) is 17.0. The van der Waals surface area contributed by atoms with Gasteiger partial charge in [-0.15, -0.1) is 0 Å². The third kappa shape index (κ3) is 4.79. The zero-order valence-electron chi connectivity index (χ0n) is 13.4. The minimum absolute atomic E-state index is 0.342. The summed E-state index contributed by atoms with van der Waals surface area (Å²) < 4.78 is 11.7. The number of carbonyl (C=O) groups is 1. The lowest BCUT2D eigenvalue weighted by Gasteiger charge is -2.13. The summed E-state index contributed by atoms with van der Waals surface area (Å²) in [5, 5.41) is 5.51. The Labute approximate surface area is 138 Å². The van der Waals surface area contributed by atoms with E-state index in [0.29, 0.717) is 17.1 Å². The summed E-state index contributed by atoms with van der Waals surface area (Å²) in [5.74, 6) is 0.830. The molecule has 2 amide bonds. The molecule has 2 aromatic rings. The number of carbonyl (C=O) groups excluding carboxylic acids is 1. The van der Waals surface area contributed by atoms with Gasteiger partial charge < -0.3 is 15.5 Å². The van der Waals surface area contributed by atoms with E-state index in [1.165, 1.54) is 0 Å². The van der Waals surface area contributed by atoms with Crippen LogP contribution in [0.2, 0.25) is 0 Å². The third-order valence-corrected chi connectivity index (χ3v) is 4.14.